The van der Waals surface area contributed by atoms with Gasteiger partial charge in [-0.2, -0.15) is 0 Å². The predicted molar refractivity (Wildman–Crippen MR) is 147 cm³/mol. The van der Waals surface area contributed by atoms with E-state index in [0.717, 1.165) is 47.0 Å². The fourth-order valence-corrected chi connectivity index (χ4v) is 6.78. The predicted octanol–water partition coefficient (Wildman–Crippen LogP) is 6.74. The number of aromatic nitrogens is 1. The van der Waals surface area contributed by atoms with Gasteiger partial charge in [-0.05, 0) is 30.2 Å². The van der Waals surface area contributed by atoms with E-state index in [4.69, 9.17) is 4.74 Å². The second-order valence-corrected chi connectivity index (χ2v) is 10.6. The van der Waals surface area contributed by atoms with Crippen LogP contribution >= 0.6 is 0 Å². The number of ether oxygens (including phenoxy) is 1. The zero-order valence-corrected chi connectivity index (χ0v) is 21.1. The fraction of sp³-hybridized carbons (Fsp3) is 0.273. The van der Waals surface area contributed by atoms with Crippen LogP contribution in [0.25, 0.3) is 10.9 Å². The first-order valence-corrected chi connectivity index (χ1v) is 13.3. The number of para-hydroxylation sites is 1. The summed E-state index contributed by atoms with van der Waals surface area (Å²) in [6, 6.07) is 30.5. The highest BCUT2D eigenvalue weighted by molar-refractivity contribution is 5.90. The zero-order chi connectivity index (χ0) is 25.2. The molecule has 3 aromatic carbocycles. The van der Waals surface area contributed by atoms with Crippen LogP contribution in [0.2, 0.25) is 0 Å². The second-order valence-electron chi connectivity index (χ2n) is 10.6. The number of hydrogen-bond acceptors (Lipinski definition) is 3. The number of rotatable bonds is 7. The largest absolute Gasteiger partial charge is 0.447 e. The molecule has 0 unspecified atom stereocenters. The summed E-state index contributed by atoms with van der Waals surface area (Å²) in [5.74, 6) is 0.768. The van der Waals surface area contributed by atoms with Crippen LogP contribution in [0.4, 0.5) is 0 Å². The van der Waals surface area contributed by atoms with Gasteiger partial charge in [0.1, 0.15) is 12.6 Å². The Morgan fingerprint density at radius 3 is 2.51 bits per heavy atom. The molecule has 2 bridgehead atoms. The molecule has 186 valence electrons. The number of esters is 1. The minimum atomic E-state index is -0.377. The van der Waals surface area contributed by atoms with Crippen LogP contribution < -0.4 is 0 Å². The maximum Gasteiger partial charge on any atom is 0.338 e. The molecule has 3 saturated heterocycles. The van der Waals surface area contributed by atoms with Gasteiger partial charge < -0.3 is 9.22 Å². The average Bonchev–Trinajstić information content (AvgIpc) is 2.96. The maximum atomic E-state index is 13.5. The Kier molecular flexibility index (Phi) is 6.35. The van der Waals surface area contributed by atoms with E-state index >= 15 is 0 Å². The summed E-state index contributed by atoms with van der Waals surface area (Å²) in [4.78, 5) is 18.1. The number of hydrogen-bond donors (Lipinski definition) is 0. The molecule has 7 rings (SSSR count). The van der Waals surface area contributed by atoms with Crippen LogP contribution in [0.5, 0.6) is 0 Å². The third-order valence-electron chi connectivity index (χ3n) is 8.60. The normalized spacial score (nSPS) is 25.5. The first kappa shape index (κ1) is 23.6. The van der Waals surface area contributed by atoms with E-state index in [1.165, 1.54) is 12.0 Å². The van der Waals surface area contributed by atoms with E-state index in [1.54, 1.807) is 0 Å². The lowest BCUT2D eigenvalue weighted by atomic mass is 9.71. The van der Waals surface area contributed by atoms with Crippen molar-refractivity contribution >= 4 is 16.9 Å². The molecule has 0 spiro atoms. The summed E-state index contributed by atoms with van der Waals surface area (Å²) in [5.41, 5.74) is 3.88. The lowest BCUT2D eigenvalue weighted by molar-refractivity contribution is -0.984. The molecule has 4 aromatic rings. The van der Waals surface area contributed by atoms with Gasteiger partial charge in [0.05, 0.1) is 24.2 Å². The van der Waals surface area contributed by atoms with Gasteiger partial charge in [-0.25, -0.2) is 4.79 Å². The zero-order valence-electron chi connectivity index (χ0n) is 21.1. The van der Waals surface area contributed by atoms with Crippen molar-refractivity contribution in [1.82, 2.24) is 4.98 Å². The number of carbonyl (C=O) groups is 1. The molecule has 1 aromatic heterocycles. The SMILES string of the molecule is C=C[C@H]1C[N@+]2(Cc3ccccc3)CC[C@H]1C[C@H]2[C@H](OC(=O)c1ccccc1)c1ccnc2ccccc12. The molecule has 0 amide bonds. The molecule has 5 atom stereocenters. The van der Waals surface area contributed by atoms with Crippen LogP contribution in [-0.4, -0.2) is 34.6 Å². The van der Waals surface area contributed by atoms with Crippen molar-refractivity contribution in [2.75, 3.05) is 13.1 Å². The van der Waals surface area contributed by atoms with E-state index in [9.17, 15) is 4.79 Å². The topological polar surface area (TPSA) is 39.2 Å². The Balaban J connectivity index is 1.47. The quantitative estimate of drug-likeness (QED) is 0.164. The van der Waals surface area contributed by atoms with Crippen LogP contribution in [0, 0.1) is 11.8 Å². The summed E-state index contributed by atoms with van der Waals surface area (Å²) in [6.45, 7) is 7.22. The molecular weight excluding hydrogens is 456 g/mol. The lowest BCUT2D eigenvalue weighted by Gasteiger charge is -2.58. The molecule has 3 aliphatic rings. The molecule has 3 aliphatic heterocycles. The Hall–Kier alpha value is -3.76. The molecule has 0 N–H and O–H groups in total. The van der Waals surface area contributed by atoms with Gasteiger partial charge >= 0.3 is 5.97 Å². The van der Waals surface area contributed by atoms with Crippen molar-refractivity contribution in [3.63, 3.8) is 0 Å². The van der Waals surface area contributed by atoms with Crippen molar-refractivity contribution in [1.29, 1.82) is 0 Å². The molecule has 4 heteroatoms. The lowest BCUT2D eigenvalue weighted by Crippen LogP contribution is -2.67. The van der Waals surface area contributed by atoms with E-state index < -0.39 is 0 Å². The fourth-order valence-electron chi connectivity index (χ4n) is 6.78. The molecule has 3 fully saturated rings. The molecule has 0 saturated carbocycles. The van der Waals surface area contributed by atoms with E-state index in [0.29, 0.717) is 17.4 Å². The smallest absolute Gasteiger partial charge is 0.338 e. The minimum absolute atomic E-state index is 0.147. The number of carbonyl (C=O) groups excluding carboxylic acids is 1. The number of piperidine rings is 3. The summed E-state index contributed by atoms with van der Waals surface area (Å²) in [5, 5.41) is 1.05. The number of quaternary nitrogens is 1. The number of pyridine rings is 1. The first-order chi connectivity index (χ1) is 18.2. The molecule has 0 aliphatic carbocycles. The van der Waals surface area contributed by atoms with Crippen molar-refractivity contribution in [2.45, 2.75) is 31.5 Å². The standard InChI is InChI=1S/C33H33N2O2/c1-2-25-23-35(22-24-11-5-3-6-12-24)20-18-27(25)21-31(35)32(37-33(36)26-13-7-4-8-14-26)29-17-19-34-30-16-10-9-15-28(29)30/h2-17,19,25,27,31-32H,1,18,20-23H2/q+1/t25-,27-,31-,32+,35+/m0/s1. The Morgan fingerprint density at radius 1 is 1.00 bits per heavy atom. The Morgan fingerprint density at radius 2 is 1.73 bits per heavy atom. The molecule has 4 heterocycles. The van der Waals surface area contributed by atoms with Gasteiger partial charge in [0, 0.05) is 41.5 Å². The summed E-state index contributed by atoms with van der Waals surface area (Å²) in [6.07, 6.45) is 5.82. The third-order valence-corrected chi connectivity index (χ3v) is 8.60. The first-order valence-electron chi connectivity index (χ1n) is 13.3. The van der Waals surface area contributed by atoms with Crippen molar-refractivity contribution in [3.8, 4) is 0 Å². The number of benzene rings is 3. The molecule has 4 nitrogen and oxygen atoms in total. The average molecular weight is 490 g/mol. The summed E-state index contributed by atoms with van der Waals surface area (Å²) >= 11 is 0. The highest BCUT2D eigenvalue weighted by atomic mass is 16.5. The highest BCUT2D eigenvalue weighted by Gasteiger charge is 2.55. The van der Waals surface area contributed by atoms with Crippen molar-refractivity contribution in [2.24, 2.45) is 11.8 Å². The van der Waals surface area contributed by atoms with Crippen molar-refractivity contribution in [3.05, 3.63) is 127 Å². The van der Waals surface area contributed by atoms with E-state index in [2.05, 4.69) is 60.1 Å². The van der Waals surface area contributed by atoms with Crippen LogP contribution in [0.1, 0.15) is 40.4 Å². The monoisotopic (exact) mass is 489 g/mol. The van der Waals surface area contributed by atoms with Crippen LogP contribution in [0.3, 0.4) is 0 Å². The van der Waals surface area contributed by atoms with E-state index in [1.807, 2.05) is 54.7 Å². The maximum absolute atomic E-state index is 13.5. The third kappa shape index (κ3) is 4.47. The van der Waals surface area contributed by atoms with Crippen molar-refractivity contribution < 1.29 is 14.0 Å². The Bertz CT molecular complexity index is 1400. The minimum Gasteiger partial charge on any atom is -0.447 e. The molecule has 0 radical (unpaired) electrons. The summed E-state index contributed by atoms with van der Waals surface area (Å²) in [7, 11) is 0. The molecule has 37 heavy (non-hydrogen) atoms. The van der Waals surface area contributed by atoms with Crippen LogP contribution in [-0.2, 0) is 11.3 Å². The van der Waals surface area contributed by atoms with E-state index in [-0.39, 0.29) is 18.1 Å². The van der Waals surface area contributed by atoms with Gasteiger partial charge in [-0.15, -0.1) is 6.58 Å². The number of nitrogens with zero attached hydrogens (tertiary/aromatic N) is 2. The van der Waals surface area contributed by atoms with Gasteiger partial charge in [0.2, 0.25) is 0 Å². The Labute approximate surface area is 218 Å². The van der Waals surface area contributed by atoms with Gasteiger partial charge in [0.15, 0.2) is 6.10 Å². The van der Waals surface area contributed by atoms with Gasteiger partial charge in [-0.3, -0.25) is 4.98 Å². The highest BCUT2D eigenvalue weighted by Crippen LogP contribution is 2.49. The molecular formula is C33H33N2O2+. The van der Waals surface area contributed by atoms with Crippen LogP contribution in [0.15, 0.2) is 110 Å². The van der Waals surface area contributed by atoms with Gasteiger partial charge in [0.25, 0.3) is 0 Å². The summed E-state index contributed by atoms with van der Waals surface area (Å²) < 4.78 is 7.45. The number of fused-ring (bicyclic) bond motifs is 4. The second kappa shape index (κ2) is 9.95. The van der Waals surface area contributed by atoms with Gasteiger partial charge in [-0.1, -0.05) is 72.8 Å².